The Morgan fingerprint density at radius 3 is 1.56 bits per heavy atom. The molecule has 0 aliphatic rings. The van der Waals surface area contributed by atoms with Crippen LogP contribution in [0.25, 0.3) is 0 Å². The minimum absolute atomic E-state index is 0.226. The standard InChI is InChI=1S/C9H17NO4.2C2H6/c1-6(2)8(11)13-7(3)14-9(12)10(4)5;2*1-2/h6-7H,1-5H3;2*1-2H3. The molecule has 5 heteroatoms. The maximum Gasteiger partial charge on any atom is 0.412 e. The summed E-state index contributed by atoms with van der Waals surface area (Å²) < 4.78 is 9.60. The molecule has 0 aliphatic heterocycles. The van der Waals surface area contributed by atoms with E-state index in [1.54, 1.807) is 27.9 Å². The first-order valence-corrected chi connectivity index (χ1v) is 6.43. The third kappa shape index (κ3) is 12.8. The smallest absolute Gasteiger partial charge is 0.412 e. The predicted octanol–water partition coefficient (Wildman–Crippen LogP) is 3.28. The molecule has 110 valence electrons. The monoisotopic (exact) mass is 263 g/mol. The third-order valence-electron chi connectivity index (χ3n) is 1.39. The fourth-order valence-electron chi connectivity index (χ4n) is 0.571. The van der Waals surface area contributed by atoms with E-state index in [9.17, 15) is 9.59 Å². The highest BCUT2D eigenvalue weighted by molar-refractivity contribution is 5.72. The van der Waals surface area contributed by atoms with E-state index in [0.717, 1.165) is 0 Å². The van der Waals surface area contributed by atoms with Gasteiger partial charge in [0.2, 0.25) is 6.29 Å². The number of rotatable bonds is 3. The molecule has 0 saturated heterocycles. The van der Waals surface area contributed by atoms with Gasteiger partial charge in [0.25, 0.3) is 0 Å². The number of hydrogen-bond donors (Lipinski definition) is 0. The summed E-state index contributed by atoms with van der Waals surface area (Å²) in [7, 11) is 3.11. The SMILES string of the molecule is CC.CC.CC(OC(=O)C(C)C)OC(=O)N(C)C. The van der Waals surface area contributed by atoms with Crippen LogP contribution in [-0.2, 0) is 14.3 Å². The predicted molar refractivity (Wildman–Crippen MR) is 73.3 cm³/mol. The molecule has 1 amide bonds. The first-order valence-electron chi connectivity index (χ1n) is 6.43. The molecule has 0 fully saturated rings. The van der Waals surface area contributed by atoms with Crippen LogP contribution in [0.15, 0.2) is 0 Å². The molecule has 5 nitrogen and oxygen atoms in total. The quantitative estimate of drug-likeness (QED) is 0.579. The molecular weight excluding hydrogens is 234 g/mol. The van der Waals surface area contributed by atoms with Gasteiger partial charge in [-0.05, 0) is 0 Å². The van der Waals surface area contributed by atoms with Crippen molar-refractivity contribution in [3.05, 3.63) is 0 Å². The average Bonchev–Trinajstić information content (AvgIpc) is 2.33. The van der Waals surface area contributed by atoms with Gasteiger partial charge in [-0.25, -0.2) is 4.79 Å². The number of amides is 1. The first kappa shape index (κ1) is 22.0. The molecule has 0 radical (unpaired) electrons. The van der Waals surface area contributed by atoms with E-state index >= 15 is 0 Å². The van der Waals surface area contributed by atoms with Gasteiger partial charge in [0, 0.05) is 21.0 Å². The summed E-state index contributed by atoms with van der Waals surface area (Å²) in [6.45, 7) is 12.9. The van der Waals surface area contributed by atoms with Crippen molar-refractivity contribution < 1.29 is 19.1 Å². The Labute approximate surface area is 111 Å². The fourth-order valence-corrected chi connectivity index (χ4v) is 0.571. The van der Waals surface area contributed by atoms with Crippen LogP contribution in [0.2, 0.25) is 0 Å². The van der Waals surface area contributed by atoms with Crippen LogP contribution in [0, 0.1) is 5.92 Å². The Morgan fingerprint density at radius 1 is 0.889 bits per heavy atom. The van der Waals surface area contributed by atoms with Crippen LogP contribution in [0.5, 0.6) is 0 Å². The molecule has 0 aromatic carbocycles. The second-order valence-corrected chi connectivity index (χ2v) is 3.44. The van der Waals surface area contributed by atoms with Gasteiger partial charge < -0.3 is 14.4 Å². The summed E-state index contributed by atoms with van der Waals surface area (Å²) in [6.07, 6.45) is -1.38. The Kier molecular flexibility index (Phi) is 16.8. The zero-order valence-electron chi connectivity index (χ0n) is 13.2. The molecule has 0 aromatic heterocycles. The Hall–Kier alpha value is -1.26. The summed E-state index contributed by atoms with van der Waals surface area (Å²) in [5.41, 5.74) is 0. The average molecular weight is 263 g/mol. The van der Waals surface area contributed by atoms with E-state index in [-0.39, 0.29) is 11.9 Å². The summed E-state index contributed by atoms with van der Waals surface area (Å²) in [4.78, 5) is 23.4. The van der Waals surface area contributed by atoms with Crippen molar-refractivity contribution in [1.29, 1.82) is 0 Å². The van der Waals surface area contributed by atoms with Crippen molar-refractivity contribution in [1.82, 2.24) is 4.90 Å². The molecular formula is C13H29NO4. The number of nitrogens with zero attached hydrogens (tertiary/aromatic N) is 1. The van der Waals surface area contributed by atoms with Crippen molar-refractivity contribution in [3.8, 4) is 0 Å². The fraction of sp³-hybridized carbons (Fsp3) is 0.846. The maximum atomic E-state index is 11.1. The van der Waals surface area contributed by atoms with E-state index in [2.05, 4.69) is 0 Å². The van der Waals surface area contributed by atoms with Gasteiger partial charge in [-0.3, -0.25) is 4.79 Å². The van der Waals surface area contributed by atoms with E-state index < -0.39 is 12.4 Å². The number of esters is 1. The minimum atomic E-state index is -0.847. The van der Waals surface area contributed by atoms with Crippen LogP contribution in [0.1, 0.15) is 48.5 Å². The largest absolute Gasteiger partial charge is 0.425 e. The molecule has 0 heterocycles. The van der Waals surface area contributed by atoms with Crippen molar-refractivity contribution in [2.45, 2.75) is 54.8 Å². The van der Waals surface area contributed by atoms with Gasteiger partial charge in [-0.2, -0.15) is 0 Å². The Balaban J connectivity index is -0.000000506. The van der Waals surface area contributed by atoms with Gasteiger partial charge in [0.15, 0.2) is 0 Å². The highest BCUT2D eigenvalue weighted by atomic mass is 16.7. The van der Waals surface area contributed by atoms with Gasteiger partial charge >= 0.3 is 12.1 Å². The van der Waals surface area contributed by atoms with E-state index in [1.807, 2.05) is 27.7 Å². The van der Waals surface area contributed by atoms with Crippen LogP contribution in [0.3, 0.4) is 0 Å². The molecule has 0 rings (SSSR count). The van der Waals surface area contributed by atoms with Crippen molar-refractivity contribution in [2.24, 2.45) is 5.92 Å². The summed E-state index contributed by atoms with van der Waals surface area (Å²) in [5, 5.41) is 0. The van der Waals surface area contributed by atoms with Gasteiger partial charge in [-0.1, -0.05) is 41.5 Å². The molecule has 0 N–H and O–H groups in total. The van der Waals surface area contributed by atoms with Gasteiger partial charge in [0.05, 0.1) is 5.92 Å². The lowest BCUT2D eigenvalue weighted by Gasteiger charge is -2.17. The molecule has 0 spiro atoms. The van der Waals surface area contributed by atoms with Crippen LogP contribution in [-0.4, -0.2) is 37.3 Å². The summed E-state index contributed by atoms with van der Waals surface area (Å²) >= 11 is 0. The minimum Gasteiger partial charge on any atom is -0.425 e. The topological polar surface area (TPSA) is 55.8 Å². The number of hydrogen-bond acceptors (Lipinski definition) is 4. The first-order chi connectivity index (χ1) is 8.34. The lowest BCUT2D eigenvalue weighted by atomic mass is 10.2. The van der Waals surface area contributed by atoms with E-state index in [0.29, 0.717) is 0 Å². The van der Waals surface area contributed by atoms with Crippen molar-refractivity contribution in [2.75, 3.05) is 14.1 Å². The molecule has 0 bridgehead atoms. The normalized spacial score (nSPS) is 10.1. The molecule has 18 heavy (non-hydrogen) atoms. The summed E-state index contributed by atoms with van der Waals surface area (Å²) in [5.74, 6) is -0.612. The summed E-state index contributed by atoms with van der Waals surface area (Å²) in [6, 6.07) is 0. The third-order valence-corrected chi connectivity index (χ3v) is 1.39. The zero-order valence-corrected chi connectivity index (χ0v) is 13.2. The maximum absolute atomic E-state index is 11.1. The molecule has 0 aromatic rings. The number of ether oxygens (including phenoxy) is 2. The Morgan fingerprint density at radius 2 is 1.28 bits per heavy atom. The van der Waals surface area contributed by atoms with Gasteiger partial charge in [0.1, 0.15) is 0 Å². The Bertz CT molecular complexity index is 193. The lowest BCUT2D eigenvalue weighted by Crippen LogP contribution is -2.30. The van der Waals surface area contributed by atoms with Gasteiger partial charge in [-0.15, -0.1) is 0 Å². The molecule has 1 unspecified atom stereocenters. The van der Waals surface area contributed by atoms with Crippen LogP contribution < -0.4 is 0 Å². The molecule has 1 atom stereocenters. The van der Waals surface area contributed by atoms with Crippen molar-refractivity contribution in [3.63, 3.8) is 0 Å². The highest BCUT2D eigenvalue weighted by Crippen LogP contribution is 2.02. The van der Waals surface area contributed by atoms with E-state index in [1.165, 1.54) is 11.8 Å². The lowest BCUT2D eigenvalue weighted by molar-refractivity contribution is -0.169. The molecule has 0 saturated carbocycles. The van der Waals surface area contributed by atoms with Crippen LogP contribution in [0.4, 0.5) is 4.79 Å². The number of carbonyl (C=O) groups is 2. The zero-order chi connectivity index (χ0) is 15.3. The second kappa shape index (κ2) is 13.8. The second-order valence-electron chi connectivity index (χ2n) is 3.44. The molecule has 0 aliphatic carbocycles. The van der Waals surface area contributed by atoms with E-state index in [4.69, 9.17) is 9.47 Å². The van der Waals surface area contributed by atoms with Crippen LogP contribution >= 0.6 is 0 Å². The van der Waals surface area contributed by atoms with Crippen molar-refractivity contribution >= 4 is 12.1 Å². The highest BCUT2D eigenvalue weighted by Gasteiger charge is 2.16. The number of carbonyl (C=O) groups excluding carboxylic acids is 2.